The van der Waals surface area contributed by atoms with Crippen molar-refractivity contribution < 1.29 is 0 Å². The van der Waals surface area contributed by atoms with Crippen LogP contribution in [0.5, 0.6) is 0 Å². The molecule has 7 heteroatoms. The number of nitrogens with one attached hydrogen (secondary N) is 2. The molecule has 0 saturated carbocycles. The van der Waals surface area contributed by atoms with Crippen LogP contribution in [-0.2, 0) is 6.54 Å². The van der Waals surface area contributed by atoms with Gasteiger partial charge in [0, 0.05) is 12.7 Å². The van der Waals surface area contributed by atoms with Crippen LogP contribution in [0.25, 0.3) is 0 Å². The van der Waals surface area contributed by atoms with E-state index in [1.54, 1.807) is 12.3 Å². The third-order valence-electron chi connectivity index (χ3n) is 2.54. The molecule has 0 atom stereocenters. The van der Waals surface area contributed by atoms with Gasteiger partial charge in [0.05, 0.1) is 22.3 Å². The molecule has 2 N–H and O–H groups in total. The van der Waals surface area contributed by atoms with E-state index in [4.69, 9.17) is 23.2 Å². The predicted molar refractivity (Wildman–Crippen MR) is 82.5 cm³/mol. The van der Waals surface area contributed by atoms with Crippen molar-refractivity contribution in [2.45, 2.75) is 20.4 Å². The molecule has 0 amide bonds. The Bertz CT molecular complexity index is 603. The van der Waals surface area contributed by atoms with Crippen LogP contribution >= 0.6 is 23.2 Å². The van der Waals surface area contributed by atoms with Gasteiger partial charge in [-0.05, 0) is 26.0 Å². The number of rotatable bonds is 5. The number of pyridine rings is 1. The molecule has 2 aromatic rings. The first kappa shape index (κ1) is 14.8. The van der Waals surface area contributed by atoms with Gasteiger partial charge in [-0.15, -0.1) is 0 Å². The Morgan fingerprint density at radius 2 is 1.80 bits per heavy atom. The second-order valence-electron chi connectivity index (χ2n) is 4.13. The highest BCUT2D eigenvalue weighted by atomic mass is 35.5. The Kier molecular flexibility index (Phi) is 4.98. The van der Waals surface area contributed by atoms with Gasteiger partial charge in [-0.3, -0.25) is 0 Å². The van der Waals surface area contributed by atoms with Crippen molar-refractivity contribution in [2.75, 3.05) is 17.2 Å². The number of aryl methyl sites for hydroxylation is 1. The lowest BCUT2D eigenvalue weighted by atomic mass is 10.3. The molecule has 0 saturated heterocycles. The second-order valence-corrected chi connectivity index (χ2v) is 4.94. The first-order valence-electron chi connectivity index (χ1n) is 6.22. The standard InChI is InChI=1S/C13H15Cl2N5/c1-3-16-12-10(14)6-11(15)13(20-12)18-7-9-4-5-17-8(2)19-9/h4-6H,3,7H2,1-2H3,(H2,16,18,20). The maximum absolute atomic E-state index is 6.13. The van der Waals surface area contributed by atoms with Crippen molar-refractivity contribution in [1.29, 1.82) is 0 Å². The molecule has 106 valence electrons. The number of anilines is 2. The average Bonchev–Trinajstić information content (AvgIpc) is 2.41. The van der Waals surface area contributed by atoms with Crippen molar-refractivity contribution in [3.05, 3.63) is 39.9 Å². The summed E-state index contributed by atoms with van der Waals surface area (Å²) in [5.74, 6) is 1.91. The maximum Gasteiger partial charge on any atom is 0.147 e. The molecule has 0 aliphatic rings. The molecule has 0 aliphatic heterocycles. The Labute approximate surface area is 127 Å². The van der Waals surface area contributed by atoms with Gasteiger partial charge in [0.25, 0.3) is 0 Å². The van der Waals surface area contributed by atoms with Gasteiger partial charge in [0.15, 0.2) is 0 Å². The molecule has 0 bridgehead atoms. The summed E-state index contributed by atoms with van der Waals surface area (Å²) in [6, 6.07) is 3.51. The lowest BCUT2D eigenvalue weighted by Crippen LogP contribution is -2.07. The first-order valence-corrected chi connectivity index (χ1v) is 6.98. The molecule has 5 nitrogen and oxygen atoms in total. The monoisotopic (exact) mass is 311 g/mol. The zero-order valence-electron chi connectivity index (χ0n) is 11.2. The Morgan fingerprint density at radius 1 is 1.10 bits per heavy atom. The molecule has 2 heterocycles. The van der Waals surface area contributed by atoms with E-state index in [0.717, 1.165) is 18.1 Å². The quantitative estimate of drug-likeness (QED) is 0.884. The van der Waals surface area contributed by atoms with Crippen LogP contribution in [0.2, 0.25) is 10.0 Å². The summed E-state index contributed by atoms with van der Waals surface area (Å²) in [5, 5.41) is 7.21. The van der Waals surface area contributed by atoms with Gasteiger partial charge in [0.1, 0.15) is 17.5 Å². The molecule has 0 fully saturated rings. The van der Waals surface area contributed by atoms with Gasteiger partial charge in [0.2, 0.25) is 0 Å². The van der Waals surface area contributed by atoms with Gasteiger partial charge >= 0.3 is 0 Å². The van der Waals surface area contributed by atoms with E-state index in [1.165, 1.54) is 0 Å². The van der Waals surface area contributed by atoms with E-state index < -0.39 is 0 Å². The Morgan fingerprint density at radius 3 is 2.45 bits per heavy atom. The number of aromatic nitrogens is 3. The smallest absolute Gasteiger partial charge is 0.147 e. The molecular formula is C13H15Cl2N5. The van der Waals surface area contributed by atoms with Crippen LogP contribution in [-0.4, -0.2) is 21.5 Å². The Balaban J connectivity index is 2.14. The largest absolute Gasteiger partial charge is 0.369 e. The fourth-order valence-electron chi connectivity index (χ4n) is 1.66. The summed E-state index contributed by atoms with van der Waals surface area (Å²) in [6.45, 7) is 5.08. The summed E-state index contributed by atoms with van der Waals surface area (Å²) in [6.07, 6.45) is 1.72. The molecule has 2 rings (SSSR count). The summed E-state index contributed by atoms with van der Waals surface area (Å²) >= 11 is 12.2. The lowest BCUT2D eigenvalue weighted by Gasteiger charge is -2.11. The van der Waals surface area contributed by atoms with Gasteiger partial charge in [-0.1, -0.05) is 23.2 Å². The topological polar surface area (TPSA) is 62.7 Å². The zero-order chi connectivity index (χ0) is 14.5. The third-order valence-corrected chi connectivity index (χ3v) is 3.12. The molecule has 0 unspecified atom stereocenters. The summed E-state index contributed by atoms with van der Waals surface area (Å²) < 4.78 is 0. The van der Waals surface area contributed by atoms with Gasteiger partial charge in [-0.2, -0.15) is 0 Å². The van der Waals surface area contributed by atoms with Crippen LogP contribution in [0.4, 0.5) is 11.6 Å². The van der Waals surface area contributed by atoms with E-state index in [2.05, 4.69) is 25.6 Å². The SMILES string of the molecule is CCNc1nc(NCc2ccnc(C)n2)c(Cl)cc1Cl. The number of nitrogens with zero attached hydrogens (tertiary/aromatic N) is 3. The minimum atomic E-state index is 0.474. The molecule has 0 aliphatic carbocycles. The van der Waals surface area contributed by atoms with Crippen LogP contribution in [0.15, 0.2) is 18.3 Å². The van der Waals surface area contributed by atoms with Gasteiger partial charge in [-0.25, -0.2) is 15.0 Å². The number of hydrogen-bond donors (Lipinski definition) is 2. The van der Waals surface area contributed by atoms with Crippen LogP contribution in [0.1, 0.15) is 18.4 Å². The van der Waals surface area contributed by atoms with Crippen LogP contribution in [0.3, 0.4) is 0 Å². The lowest BCUT2D eigenvalue weighted by molar-refractivity contribution is 0.950. The third kappa shape index (κ3) is 3.71. The van der Waals surface area contributed by atoms with Crippen molar-refractivity contribution >= 4 is 34.8 Å². The highest BCUT2D eigenvalue weighted by Gasteiger charge is 2.09. The normalized spacial score (nSPS) is 10.4. The van der Waals surface area contributed by atoms with E-state index in [0.29, 0.717) is 28.2 Å². The Hall–Kier alpha value is -1.59. The minimum Gasteiger partial charge on any atom is -0.369 e. The molecule has 2 aromatic heterocycles. The number of hydrogen-bond acceptors (Lipinski definition) is 5. The summed E-state index contributed by atoms with van der Waals surface area (Å²) in [5.41, 5.74) is 0.871. The number of halogens is 2. The molecule has 20 heavy (non-hydrogen) atoms. The molecule has 0 radical (unpaired) electrons. The van der Waals surface area contributed by atoms with E-state index in [1.807, 2.05) is 19.9 Å². The van der Waals surface area contributed by atoms with Crippen molar-refractivity contribution in [2.24, 2.45) is 0 Å². The van der Waals surface area contributed by atoms with Crippen molar-refractivity contribution in [3.8, 4) is 0 Å². The predicted octanol–water partition coefficient (Wildman–Crippen LogP) is 3.53. The molecule has 0 aromatic carbocycles. The highest BCUT2D eigenvalue weighted by Crippen LogP contribution is 2.29. The summed E-state index contributed by atoms with van der Waals surface area (Å²) in [4.78, 5) is 12.7. The highest BCUT2D eigenvalue weighted by molar-refractivity contribution is 6.37. The van der Waals surface area contributed by atoms with E-state index >= 15 is 0 Å². The minimum absolute atomic E-state index is 0.474. The maximum atomic E-state index is 6.13. The van der Waals surface area contributed by atoms with Crippen molar-refractivity contribution in [1.82, 2.24) is 15.0 Å². The molecular weight excluding hydrogens is 297 g/mol. The van der Waals surface area contributed by atoms with Crippen molar-refractivity contribution in [3.63, 3.8) is 0 Å². The average molecular weight is 312 g/mol. The van der Waals surface area contributed by atoms with Crippen LogP contribution in [0, 0.1) is 6.92 Å². The first-order chi connectivity index (χ1) is 9.60. The summed E-state index contributed by atoms with van der Waals surface area (Å²) in [7, 11) is 0. The van der Waals surface area contributed by atoms with Crippen LogP contribution < -0.4 is 10.6 Å². The fraction of sp³-hybridized carbons (Fsp3) is 0.308. The second kappa shape index (κ2) is 6.72. The van der Waals surface area contributed by atoms with E-state index in [-0.39, 0.29) is 0 Å². The molecule has 0 spiro atoms. The van der Waals surface area contributed by atoms with E-state index in [9.17, 15) is 0 Å². The van der Waals surface area contributed by atoms with Gasteiger partial charge < -0.3 is 10.6 Å². The zero-order valence-corrected chi connectivity index (χ0v) is 12.8. The fourth-order valence-corrected chi connectivity index (χ4v) is 2.15.